The zero-order valence-electron chi connectivity index (χ0n) is 14.2. The number of hydrogen-bond acceptors (Lipinski definition) is 7. The lowest BCUT2D eigenvalue weighted by atomic mass is 9.86. The van der Waals surface area contributed by atoms with Gasteiger partial charge in [0.2, 0.25) is 0 Å². The van der Waals surface area contributed by atoms with Gasteiger partial charge in [0.1, 0.15) is 11.4 Å². The molecule has 0 aliphatic rings. The molecule has 0 heterocycles. The molecule has 0 fully saturated rings. The van der Waals surface area contributed by atoms with E-state index in [0.29, 0.717) is 0 Å². The monoisotopic (exact) mass is 336 g/mol. The fourth-order valence-electron chi connectivity index (χ4n) is 1.83. The van der Waals surface area contributed by atoms with E-state index in [9.17, 15) is 19.7 Å². The van der Waals surface area contributed by atoms with Crippen LogP contribution in [0.5, 0.6) is 0 Å². The predicted molar refractivity (Wildman–Crippen MR) is 87.5 cm³/mol. The number of carbonyl (C=O) groups excluding carboxylic acids is 2. The molecule has 0 spiro atoms. The summed E-state index contributed by atoms with van der Waals surface area (Å²) in [6.45, 7) is 5.78. The van der Waals surface area contributed by atoms with Crippen molar-refractivity contribution in [2.24, 2.45) is 0 Å². The molecule has 0 saturated heterocycles. The molecule has 0 unspecified atom stereocenters. The maximum Gasteiger partial charge on any atom is 0.354 e. The number of carbonyl (C=O) groups is 2. The maximum absolute atomic E-state index is 11.7. The van der Waals surface area contributed by atoms with Gasteiger partial charge in [-0.05, 0) is 17.0 Å². The van der Waals surface area contributed by atoms with E-state index in [0.717, 1.165) is 25.9 Å². The Balaban J connectivity index is 3.34. The van der Waals surface area contributed by atoms with Crippen LogP contribution < -0.4 is 5.32 Å². The molecule has 0 radical (unpaired) electrons. The van der Waals surface area contributed by atoms with Crippen LogP contribution in [0.1, 0.15) is 26.3 Å². The van der Waals surface area contributed by atoms with Crippen molar-refractivity contribution in [2.75, 3.05) is 19.5 Å². The van der Waals surface area contributed by atoms with E-state index in [4.69, 9.17) is 0 Å². The Hall–Kier alpha value is -2.90. The number of anilines is 1. The number of hydrogen-bond donors (Lipinski definition) is 1. The molecule has 1 aromatic carbocycles. The van der Waals surface area contributed by atoms with Crippen LogP contribution in [0.4, 0.5) is 11.4 Å². The summed E-state index contributed by atoms with van der Waals surface area (Å²) < 4.78 is 9.02. The minimum absolute atomic E-state index is 0.0635. The number of nitrogens with zero attached hydrogens (tertiary/aromatic N) is 1. The van der Waals surface area contributed by atoms with Gasteiger partial charge >= 0.3 is 11.9 Å². The topological polar surface area (TPSA) is 108 Å². The number of rotatable bonds is 5. The third-order valence-corrected chi connectivity index (χ3v) is 3.20. The lowest BCUT2D eigenvalue weighted by molar-refractivity contribution is -0.384. The first-order valence-electron chi connectivity index (χ1n) is 7.04. The Morgan fingerprint density at radius 1 is 1.21 bits per heavy atom. The number of methoxy groups -OCH3 is 2. The minimum Gasteiger partial charge on any atom is -0.466 e. The van der Waals surface area contributed by atoms with E-state index in [1.807, 2.05) is 20.8 Å². The van der Waals surface area contributed by atoms with Gasteiger partial charge in [-0.1, -0.05) is 26.8 Å². The van der Waals surface area contributed by atoms with Crippen molar-refractivity contribution in [3.8, 4) is 0 Å². The highest BCUT2D eigenvalue weighted by Crippen LogP contribution is 2.32. The number of ether oxygens (including phenoxy) is 2. The molecular weight excluding hydrogens is 316 g/mol. The highest BCUT2D eigenvalue weighted by atomic mass is 16.6. The van der Waals surface area contributed by atoms with Crippen molar-refractivity contribution in [1.29, 1.82) is 0 Å². The van der Waals surface area contributed by atoms with Crippen molar-refractivity contribution >= 4 is 23.3 Å². The molecule has 1 rings (SSSR count). The van der Waals surface area contributed by atoms with Crippen molar-refractivity contribution in [3.05, 3.63) is 45.6 Å². The normalized spacial score (nSPS) is 11.6. The smallest absolute Gasteiger partial charge is 0.354 e. The van der Waals surface area contributed by atoms with Crippen molar-refractivity contribution in [2.45, 2.75) is 26.2 Å². The van der Waals surface area contributed by atoms with Crippen LogP contribution in [0.2, 0.25) is 0 Å². The van der Waals surface area contributed by atoms with Gasteiger partial charge in [-0.2, -0.15) is 0 Å². The van der Waals surface area contributed by atoms with Gasteiger partial charge in [0.25, 0.3) is 5.69 Å². The summed E-state index contributed by atoms with van der Waals surface area (Å²) in [5.74, 6) is -1.65. The van der Waals surface area contributed by atoms with E-state index in [1.54, 1.807) is 6.07 Å². The van der Waals surface area contributed by atoms with Crippen molar-refractivity contribution < 1.29 is 24.0 Å². The largest absolute Gasteiger partial charge is 0.466 e. The Kier molecular flexibility index (Phi) is 6.05. The Bertz CT molecular complexity index is 688. The van der Waals surface area contributed by atoms with Crippen LogP contribution in [0.15, 0.2) is 30.0 Å². The number of nitro benzene ring substituents is 1. The highest BCUT2D eigenvalue weighted by molar-refractivity contribution is 5.99. The SMILES string of the molecule is COC(=O)/C=C(/Nc1ccc(C(C)(C)C)cc1[N+](=O)[O-])C(=O)OC. The summed E-state index contributed by atoms with van der Waals surface area (Å²) in [6.07, 6.45) is 0.868. The van der Waals surface area contributed by atoms with Crippen LogP contribution in [-0.4, -0.2) is 31.1 Å². The number of nitrogens with one attached hydrogen (secondary N) is 1. The third-order valence-electron chi connectivity index (χ3n) is 3.20. The second-order valence-corrected chi connectivity index (χ2v) is 5.94. The second-order valence-electron chi connectivity index (χ2n) is 5.94. The van der Waals surface area contributed by atoms with Gasteiger partial charge in [-0.3, -0.25) is 10.1 Å². The molecule has 0 aromatic heterocycles. The van der Waals surface area contributed by atoms with E-state index < -0.39 is 16.9 Å². The number of benzene rings is 1. The van der Waals surface area contributed by atoms with Crippen molar-refractivity contribution in [3.63, 3.8) is 0 Å². The maximum atomic E-state index is 11.7. The molecule has 0 amide bonds. The first-order valence-corrected chi connectivity index (χ1v) is 7.04. The molecule has 24 heavy (non-hydrogen) atoms. The number of nitro groups is 1. The molecule has 130 valence electrons. The third kappa shape index (κ3) is 4.80. The Morgan fingerprint density at radius 2 is 1.83 bits per heavy atom. The van der Waals surface area contributed by atoms with E-state index in [-0.39, 0.29) is 22.5 Å². The fraction of sp³-hybridized carbons (Fsp3) is 0.375. The average molecular weight is 336 g/mol. The quantitative estimate of drug-likeness (QED) is 0.381. The number of esters is 2. The van der Waals surface area contributed by atoms with Crippen molar-refractivity contribution in [1.82, 2.24) is 0 Å². The summed E-state index contributed by atoms with van der Waals surface area (Å²) >= 11 is 0. The van der Waals surface area contributed by atoms with Gasteiger partial charge in [-0.25, -0.2) is 9.59 Å². The summed E-state index contributed by atoms with van der Waals surface area (Å²) in [5, 5.41) is 13.9. The summed E-state index contributed by atoms with van der Waals surface area (Å²) in [7, 11) is 2.28. The van der Waals surface area contributed by atoms with E-state index >= 15 is 0 Å². The molecule has 8 heteroatoms. The molecule has 0 saturated carbocycles. The first kappa shape index (κ1) is 19.1. The van der Waals surface area contributed by atoms with Crippen LogP contribution in [0, 0.1) is 10.1 Å². The summed E-state index contributed by atoms with van der Waals surface area (Å²) in [5.41, 5.74) is 0.0546. The molecule has 0 atom stereocenters. The lowest BCUT2D eigenvalue weighted by Gasteiger charge is -2.19. The molecule has 0 bridgehead atoms. The highest BCUT2D eigenvalue weighted by Gasteiger charge is 2.23. The Labute approximate surface area is 139 Å². The molecule has 1 N–H and O–H groups in total. The van der Waals surface area contributed by atoms with Gasteiger partial charge < -0.3 is 14.8 Å². The molecule has 8 nitrogen and oxygen atoms in total. The molecule has 0 aliphatic carbocycles. The van der Waals surface area contributed by atoms with Crippen LogP contribution in [0.25, 0.3) is 0 Å². The molecular formula is C16H20N2O6. The lowest BCUT2D eigenvalue weighted by Crippen LogP contribution is -2.17. The first-order chi connectivity index (χ1) is 11.1. The Morgan fingerprint density at radius 3 is 2.29 bits per heavy atom. The van der Waals surface area contributed by atoms with E-state index in [1.165, 1.54) is 12.1 Å². The van der Waals surface area contributed by atoms with Gasteiger partial charge in [0.15, 0.2) is 0 Å². The molecule has 1 aromatic rings. The summed E-state index contributed by atoms with van der Waals surface area (Å²) in [6, 6.07) is 4.62. The zero-order valence-corrected chi connectivity index (χ0v) is 14.2. The zero-order chi connectivity index (χ0) is 18.5. The standard InChI is InChI=1S/C16H20N2O6/c1-16(2,3)10-6-7-11(13(8-10)18(21)22)17-12(15(20)24-5)9-14(19)23-4/h6-9,17H,1-5H3/b12-9+. The van der Waals surface area contributed by atoms with Crippen LogP contribution in [-0.2, 0) is 24.5 Å². The predicted octanol–water partition coefficient (Wildman–Crippen LogP) is 2.53. The van der Waals surface area contributed by atoms with Crippen LogP contribution >= 0.6 is 0 Å². The van der Waals surface area contributed by atoms with Gasteiger partial charge in [-0.15, -0.1) is 0 Å². The van der Waals surface area contributed by atoms with Gasteiger partial charge in [0.05, 0.1) is 25.2 Å². The second kappa shape index (κ2) is 7.58. The minimum atomic E-state index is -0.852. The van der Waals surface area contributed by atoms with Crippen LogP contribution in [0.3, 0.4) is 0 Å². The van der Waals surface area contributed by atoms with E-state index in [2.05, 4.69) is 14.8 Å². The molecule has 0 aliphatic heterocycles. The fourth-order valence-corrected chi connectivity index (χ4v) is 1.83. The summed E-state index contributed by atoms with van der Waals surface area (Å²) in [4.78, 5) is 33.9. The van der Waals surface area contributed by atoms with Gasteiger partial charge in [0, 0.05) is 6.07 Å². The average Bonchev–Trinajstić information content (AvgIpc) is 2.52.